The lowest BCUT2D eigenvalue weighted by atomic mass is 10.1. The first-order valence-electron chi connectivity index (χ1n) is 6.23. The van der Waals surface area contributed by atoms with E-state index in [1.54, 1.807) is 22.7 Å². The quantitative estimate of drug-likeness (QED) is 0.795. The Kier molecular flexibility index (Phi) is 3.50. The number of aryl methyl sites for hydroxylation is 2. The second kappa shape index (κ2) is 5.30. The summed E-state index contributed by atoms with van der Waals surface area (Å²) in [7, 11) is 1.85. The summed E-state index contributed by atoms with van der Waals surface area (Å²) in [6, 6.07) is 8.40. The molecular weight excluding hydrogens is 288 g/mol. The minimum Gasteiger partial charge on any atom is -0.363 e. The van der Waals surface area contributed by atoms with Crippen LogP contribution < -0.4 is 5.32 Å². The Morgan fingerprint density at radius 2 is 1.90 bits per heavy atom. The van der Waals surface area contributed by atoms with Crippen LogP contribution in [0.4, 0.5) is 5.13 Å². The summed E-state index contributed by atoms with van der Waals surface area (Å²) in [5.41, 5.74) is 3.40. The lowest BCUT2D eigenvalue weighted by Crippen LogP contribution is -1.84. The van der Waals surface area contributed by atoms with Gasteiger partial charge in [-0.1, -0.05) is 35.1 Å². The molecule has 2 aromatic heterocycles. The molecule has 0 radical (unpaired) electrons. The number of anilines is 1. The topological polar surface area (TPSA) is 50.7 Å². The number of nitrogens with one attached hydrogen (secondary N) is 1. The second-order valence-electron chi connectivity index (χ2n) is 4.47. The fourth-order valence-corrected chi connectivity index (χ4v) is 3.79. The summed E-state index contributed by atoms with van der Waals surface area (Å²) in [6.45, 7) is 4.11. The standard InChI is InChI=1S/C14H14N4S2/c1-8-5-4-6-10(7-8)12-16-9(2)11(19-12)13-17-18-14(15-3)20-13/h4-7H,1-3H3,(H,15,18). The zero-order chi connectivity index (χ0) is 14.1. The highest BCUT2D eigenvalue weighted by Crippen LogP contribution is 2.37. The molecule has 2 heterocycles. The third-order valence-electron chi connectivity index (χ3n) is 2.89. The van der Waals surface area contributed by atoms with E-state index in [9.17, 15) is 0 Å². The van der Waals surface area contributed by atoms with Gasteiger partial charge >= 0.3 is 0 Å². The van der Waals surface area contributed by atoms with Gasteiger partial charge in [0.05, 0.1) is 10.6 Å². The van der Waals surface area contributed by atoms with Crippen LogP contribution in [0, 0.1) is 13.8 Å². The van der Waals surface area contributed by atoms with Gasteiger partial charge in [0.15, 0.2) is 5.01 Å². The van der Waals surface area contributed by atoms with E-state index in [0.717, 1.165) is 31.3 Å². The molecule has 0 aliphatic rings. The Bertz CT molecular complexity index is 745. The van der Waals surface area contributed by atoms with Crippen LogP contribution in [0.3, 0.4) is 0 Å². The molecule has 4 nitrogen and oxygen atoms in total. The first-order valence-corrected chi connectivity index (χ1v) is 7.87. The van der Waals surface area contributed by atoms with Crippen LogP contribution in [0.1, 0.15) is 11.3 Å². The lowest BCUT2D eigenvalue weighted by Gasteiger charge is -1.96. The molecule has 3 aromatic rings. The van der Waals surface area contributed by atoms with Gasteiger partial charge in [-0.05, 0) is 19.9 Å². The highest BCUT2D eigenvalue weighted by atomic mass is 32.1. The van der Waals surface area contributed by atoms with Crippen molar-refractivity contribution in [3.8, 4) is 20.5 Å². The second-order valence-corrected chi connectivity index (χ2v) is 6.44. The Labute approximate surface area is 125 Å². The van der Waals surface area contributed by atoms with Crippen molar-refractivity contribution in [2.24, 2.45) is 0 Å². The van der Waals surface area contributed by atoms with Crippen LogP contribution in [0.5, 0.6) is 0 Å². The SMILES string of the molecule is CNc1nnc(-c2sc(-c3cccc(C)c3)nc2C)s1. The fraction of sp³-hybridized carbons (Fsp3) is 0.214. The fourth-order valence-electron chi connectivity index (χ4n) is 1.91. The van der Waals surface area contributed by atoms with Crippen molar-refractivity contribution in [2.45, 2.75) is 13.8 Å². The molecule has 0 fully saturated rings. The molecule has 102 valence electrons. The number of aromatic nitrogens is 3. The number of rotatable bonds is 3. The first kappa shape index (κ1) is 13.2. The smallest absolute Gasteiger partial charge is 0.205 e. The first-order chi connectivity index (χ1) is 9.67. The van der Waals surface area contributed by atoms with Gasteiger partial charge in [0.2, 0.25) is 5.13 Å². The van der Waals surface area contributed by atoms with Crippen LogP contribution in [0.25, 0.3) is 20.5 Å². The van der Waals surface area contributed by atoms with Crippen LogP contribution >= 0.6 is 22.7 Å². The summed E-state index contributed by atoms with van der Waals surface area (Å²) in [4.78, 5) is 5.77. The summed E-state index contributed by atoms with van der Waals surface area (Å²) >= 11 is 3.22. The maximum atomic E-state index is 4.67. The van der Waals surface area contributed by atoms with E-state index in [4.69, 9.17) is 0 Å². The molecule has 0 saturated heterocycles. The summed E-state index contributed by atoms with van der Waals surface area (Å²) < 4.78 is 0. The predicted molar refractivity (Wildman–Crippen MR) is 85.5 cm³/mol. The van der Waals surface area contributed by atoms with Gasteiger partial charge in [-0.15, -0.1) is 21.5 Å². The van der Waals surface area contributed by atoms with Gasteiger partial charge in [0.25, 0.3) is 0 Å². The molecule has 0 aliphatic heterocycles. The van der Waals surface area contributed by atoms with E-state index in [1.807, 2.05) is 14.0 Å². The van der Waals surface area contributed by atoms with Crippen LogP contribution in [-0.4, -0.2) is 22.2 Å². The van der Waals surface area contributed by atoms with Crippen LogP contribution in [-0.2, 0) is 0 Å². The van der Waals surface area contributed by atoms with Crippen molar-refractivity contribution in [1.82, 2.24) is 15.2 Å². The van der Waals surface area contributed by atoms with E-state index in [1.165, 1.54) is 5.56 Å². The van der Waals surface area contributed by atoms with Gasteiger partial charge in [-0.2, -0.15) is 0 Å². The van der Waals surface area contributed by atoms with Crippen molar-refractivity contribution in [3.63, 3.8) is 0 Å². The van der Waals surface area contributed by atoms with Crippen molar-refractivity contribution >= 4 is 27.8 Å². The molecule has 6 heteroatoms. The lowest BCUT2D eigenvalue weighted by molar-refractivity contribution is 1.09. The van der Waals surface area contributed by atoms with Crippen molar-refractivity contribution < 1.29 is 0 Å². The maximum absolute atomic E-state index is 4.67. The van der Waals surface area contributed by atoms with Gasteiger partial charge in [0.1, 0.15) is 5.01 Å². The minimum atomic E-state index is 0.824. The average molecular weight is 302 g/mol. The van der Waals surface area contributed by atoms with E-state index in [0.29, 0.717) is 0 Å². The average Bonchev–Trinajstić information content (AvgIpc) is 3.04. The molecule has 0 atom stereocenters. The largest absolute Gasteiger partial charge is 0.363 e. The van der Waals surface area contributed by atoms with Crippen LogP contribution in [0.2, 0.25) is 0 Å². The Balaban J connectivity index is 2.02. The molecule has 1 N–H and O–H groups in total. The molecule has 3 rings (SSSR count). The van der Waals surface area contributed by atoms with Gasteiger partial charge in [-0.25, -0.2) is 4.98 Å². The number of thiazole rings is 1. The number of hydrogen-bond acceptors (Lipinski definition) is 6. The molecular formula is C14H14N4S2. The number of hydrogen-bond donors (Lipinski definition) is 1. The number of nitrogens with zero attached hydrogens (tertiary/aromatic N) is 3. The Morgan fingerprint density at radius 1 is 1.05 bits per heavy atom. The van der Waals surface area contributed by atoms with E-state index in [-0.39, 0.29) is 0 Å². The van der Waals surface area contributed by atoms with Crippen molar-refractivity contribution in [3.05, 3.63) is 35.5 Å². The molecule has 0 unspecified atom stereocenters. The van der Waals surface area contributed by atoms with E-state index >= 15 is 0 Å². The van der Waals surface area contributed by atoms with Crippen LogP contribution in [0.15, 0.2) is 24.3 Å². The zero-order valence-electron chi connectivity index (χ0n) is 11.5. The molecule has 0 bridgehead atoms. The molecule has 0 spiro atoms. The summed E-state index contributed by atoms with van der Waals surface area (Å²) in [6.07, 6.45) is 0. The summed E-state index contributed by atoms with van der Waals surface area (Å²) in [5, 5.41) is 14.1. The number of benzene rings is 1. The monoisotopic (exact) mass is 302 g/mol. The van der Waals surface area contributed by atoms with E-state index < -0.39 is 0 Å². The zero-order valence-corrected chi connectivity index (χ0v) is 13.1. The molecule has 0 saturated carbocycles. The van der Waals surface area contributed by atoms with Gasteiger partial charge in [-0.3, -0.25) is 0 Å². The third-order valence-corrected chi connectivity index (χ3v) is 5.20. The molecule has 20 heavy (non-hydrogen) atoms. The third kappa shape index (κ3) is 2.44. The van der Waals surface area contributed by atoms with Gasteiger partial charge < -0.3 is 5.32 Å². The highest BCUT2D eigenvalue weighted by Gasteiger charge is 2.15. The maximum Gasteiger partial charge on any atom is 0.205 e. The highest BCUT2D eigenvalue weighted by molar-refractivity contribution is 7.24. The molecule has 0 amide bonds. The predicted octanol–water partition coefficient (Wildman–Crippen LogP) is 3.99. The Morgan fingerprint density at radius 3 is 2.60 bits per heavy atom. The normalized spacial score (nSPS) is 10.8. The summed E-state index contributed by atoms with van der Waals surface area (Å²) in [5.74, 6) is 0. The minimum absolute atomic E-state index is 0.824. The van der Waals surface area contributed by atoms with Crippen molar-refractivity contribution in [1.29, 1.82) is 0 Å². The molecule has 0 aliphatic carbocycles. The Hall–Kier alpha value is -1.79. The van der Waals surface area contributed by atoms with E-state index in [2.05, 4.69) is 51.7 Å². The van der Waals surface area contributed by atoms with Gasteiger partial charge in [0, 0.05) is 12.6 Å². The molecule has 1 aromatic carbocycles. The van der Waals surface area contributed by atoms with Crippen molar-refractivity contribution in [2.75, 3.05) is 12.4 Å².